The highest BCUT2D eigenvalue weighted by Crippen LogP contribution is 2.34. The minimum absolute atomic E-state index is 0.100. The molecule has 0 saturated heterocycles. The third-order valence-electron chi connectivity index (χ3n) is 2.24. The first-order chi connectivity index (χ1) is 8.79. The summed E-state index contributed by atoms with van der Waals surface area (Å²) < 4.78 is 50.4. The number of thiazole rings is 1. The molecule has 2 rings (SSSR count). The standard InChI is InChI=1S/C11H5F4NO2S/c12-7-3-5(1-2-6(7)11(13,14)15)9-16-8(4-19-9)10(17)18/h1-4H,(H,17,18). The van der Waals surface area contributed by atoms with Gasteiger partial charge in [-0.1, -0.05) is 6.07 Å². The Kier molecular flexibility index (Phi) is 3.27. The van der Waals surface area contributed by atoms with E-state index in [9.17, 15) is 22.4 Å². The Morgan fingerprint density at radius 3 is 2.47 bits per heavy atom. The molecule has 0 aliphatic heterocycles. The minimum atomic E-state index is -4.77. The number of alkyl halides is 3. The third kappa shape index (κ3) is 2.73. The van der Waals surface area contributed by atoms with E-state index in [1.807, 2.05) is 0 Å². The van der Waals surface area contributed by atoms with Crippen molar-refractivity contribution < 1.29 is 27.5 Å². The topological polar surface area (TPSA) is 50.2 Å². The van der Waals surface area contributed by atoms with Crippen molar-refractivity contribution in [1.82, 2.24) is 4.98 Å². The first-order valence-electron chi connectivity index (χ1n) is 4.85. The number of carboxylic acids is 1. The molecule has 8 heteroatoms. The smallest absolute Gasteiger partial charge is 0.419 e. The predicted octanol–water partition coefficient (Wildman–Crippen LogP) is 3.67. The maximum Gasteiger partial charge on any atom is 0.419 e. The summed E-state index contributed by atoms with van der Waals surface area (Å²) in [4.78, 5) is 14.3. The van der Waals surface area contributed by atoms with Gasteiger partial charge in [0.25, 0.3) is 0 Å². The van der Waals surface area contributed by atoms with Crippen LogP contribution in [0.1, 0.15) is 16.1 Å². The van der Waals surface area contributed by atoms with Gasteiger partial charge in [-0.2, -0.15) is 13.2 Å². The van der Waals surface area contributed by atoms with Crippen LogP contribution in [0.2, 0.25) is 0 Å². The molecule has 100 valence electrons. The van der Waals surface area contributed by atoms with Crippen LogP contribution in [0, 0.1) is 5.82 Å². The first kappa shape index (κ1) is 13.5. The molecular formula is C11H5F4NO2S. The van der Waals surface area contributed by atoms with Gasteiger partial charge >= 0.3 is 12.1 Å². The normalized spacial score (nSPS) is 11.6. The molecule has 1 aromatic carbocycles. The van der Waals surface area contributed by atoms with Crippen LogP contribution in [0.5, 0.6) is 0 Å². The number of carboxylic acid groups (broad SMARTS) is 1. The van der Waals surface area contributed by atoms with Gasteiger partial charge in [0, 0.05) is 10.9 Å². The minimum Gasteiger partial charge on any atom is -0.476 e. The average molecular weight is 291 g/mol. The van der Waals surface area contributed by atoms with E-state index in [0.717, 1.165) is 17.4 Å². The zero-order chi connectivity index (χ0) is 14.2. The van der Waals surface area contributed by atoms with Crippen LogP contribution < -0.4 is 0 Å². The fraction of sp³-hybridized carbons (Fsp3) is 0.0909. The number of hydrogen-bond acceptors (Lipinski definition) is 3. The van der Waals surface area contributed by atoms with Crippen LogP contribution in [0.25, 0.3) is 10.6 Å². The lowest BCUT2D eigenvalue weighted by atomic mass is 10.1. The van der Waals surface area contributed by atoms with Crippen LogP contribution in [0.15, 0.2) is 23.6 Å². The Labute approximate surface area is 108 Å². The van der Waals surface area contributed by atoms with Gasteiger partial charge in [-0.3, -0.25) is 0 Å². The predicted molar refractivity (Wildman–Crippen MR) is 59.5 cm³/mol. The second-order valence-electron chi connectivity index (χ2n) is 3.54. The van der Waals surface area contributed by atoms with Crippen molar-refractivity contribution in [3.63, 3.8) is 0 Å². The molecule has 0 aliphatic carbocycles. The summed E-state index contributed by atoms with van der Waals surface area (Å²) in [5, 5.41) is 10.0. The molecule has 1 N–H and O–H groups in total. The van der Waals surface area contributed by atoms with Gasteiger partial charge in [0.2, 0.25) is 0 Å². The SMILES string of the molecule is O=C(O)c1csc(-c2ccc(C(F)(F)F)c(F)c2)n1. The molecule has 3 nitrogen and oxygen atoms in total. The van der Waals surface area contributed by atoms with E-state index in [4.69, 9.17) is 5.11 Å². The van der Waals surface area contributed by atoms with Crippen molar-refractivity contribution in [3.8, 4) is 10.6 Å². The monoisotopic (exact) mass is 291 g/mol. The largest absolute Gasteiger partial charge is 0.476 e. The van der Waals surface area contributed by atoms with E-state index in [0.29, 0.717) is 12.1 Å². The van der Waals surface area contributed by atoms with Crippen LogP contribution in [-0.4, -0.2) is 16.1 Å². The van der Waals surface area contributed by atoms with E-state index in [1.54, 1.807) is 0 Å². The van der Waals surface area contributed by atoms with Crippen LogP contribution in [0.3, 0.4) is 0 Å². The zero-order valence-electron chi connectivity index (χ0n) is 9.03. The Balaban J connectivity index is 2.41. The Morgan fingerprint density at radius 1 is 1.32 bits per heavy atom. The molecule has 0 bridgehead atoms. The fourth-order valence-corrected chi connectivity index (χ4v) is 2.17. The van der Waals surface area contributed by atoms with Gasteiger partial charge in [-0.25, -0.2) is 14.2 Å². The third-order valence-corrected chi connectivity index (χ3v) is 3.14. The lowest BCUT2D eigenvalue weighted by Gasteiger charge is -2.08. The fourth-order valence-electron chi connectivity index (χ4n) is 1.38. The second kappa shape index (κ2) is 4.61. The molecule has 0 radical (unpaired) electrons. The van der Waals surface area contributed by atoms with Crippen molar-refractivity contribution in [3.05, 3.63) is 40.7 Å². The quantitative estimate of drug-likeness (QED) is 0.859. The molecule has 0 unspecified atom stereocenters. The summed E-state index contributed by atoms with van der Waals surface area (Å²) in [6, 6.07) is 2.34. The van der Waals surface area contributed by atoms with Crippen LogP contribution >= 0.6 is 11.3 Å². The number of hydrogen-bond donors (Lipinski definition) is 1. The van der Waals surface area contributed by atoms with Crippen molar-refractivity contribution in [2.24, 2.45) is 0 Å². The number of aromatic carboxylic acids is 1. The van der Waals surface area contributed by atoms with E-state index < -0.39 is 23.5 Å². The highest BCUT2D eigenvalue weighted by Gasteiger charge is 2.34. The summed E-state index contributed by atoms with van der Waals surface area (Å²) in [6.07, 6.45) is -4.77. The summed E-state index contributed by atoms with van der Waals surface area (Å²) >= 11 is 0.913. The van der Waals surface area contributed by atoms with E-state index in [-0.39, 0.29) is 16.3 Å². The van der Waals surface area contributed by atoms with Gasteiger partial charge in [-0.05, 0) is 12.1 Å². The van der Waals surface area contributed by atoms with Crippen molar-refractivity contribution in [2.75, 3.05) is 0 Å². The summed E-state index contributed by atoms with van der Waals surface area (Å²) in [5.74, 6) is -2.67. The lowest BCUT2D eigenvalue weighted by Crippen LogP contribution is -2.07. The molecule has 0 atom stereocenters. The molecule has 2 aromatic rings. The van der Waals surface area contributed by atoms with Gasteiger partial charge in [0.15, 0.2) is 5.69 Å². The Hall–Kier alpha value is -1.96. The summed E-state index contributed by atoms with van der Waals surface area (Å²) in [5.41, 5.74) is -1.51. The molecular weight excluding hydrogens is 286 g/mol. The van der Waals surface area contributed by atoms with Gasteiger partial charge in [0.1, 0.15) is 10.8 Å². The van der Waals surface area contributed by atoms with E-state index >= 15 is 0 Å². The highest BCUT2D eigenvalue weighted by molar-refractivity contribution is 7.13. The number of halogens is 4. The Bertz CT molecular complexity index is 636. The summed E-state index contributed by atoms with van der Waals surface area (Å²) in [6.45, 7) is 0. The Morgan fingerprint density at radius 2 is 2.00 bits per heavy atom. The average Bonchev–Trinajstić information content (AvgIpc) is 2.76. The van der Waals surface area contributed by atoms with Crippen molar-refractivity contribution in [2.45, 2.75) is 6.18 Å². The molecule has 19 heavy (non-hydrogen) atoms. The highest BCUT2D eigenvalue weighted by atomic mass is 32.1. The molecule has 0 aliphatic rings. The molecule has 1 aromatic heterocycles. The number of aromatic nitrogens is 1. The molecule has 0 saturated carbocycles. The number of carbonyl (C=O) groups is 1. The number of rotatable bonds is 2. The molecule has 0 spiro atoms. The second-order valence-corrected chi connectivity index (χ2v) is 4.39. The van der Waals surface area contributed by atoms with Gasteiger partial charge < -0.3 is 5.11 Å². The van der Waals surface area contributed by atoms with E-state index in [2.05, 4.69) is 4.98 Å². The van der Waals surface area contributed by atoms with Crippen LogP contribution in [0.4, 0.5) is 17.6 Å². The maximum atomic E-state index is 13.3. The molecule has 0 fully saturated rings. The number of nitrogens with zero attached hydrogens (tertiary/aromatic N) is 1. The van der Waals surface area contributed by atoms with Crippen LogP contribution in [-0.2, 0) is 6.18 Å². The van der Waals surface area contributed by atoms with Gasteiger partial charge in [-0.15, -0.1) is 11.3 Å². The number of benzene rings is 1. The zero-order valence-corrected chi connectivity index (χ0v) is 9.85. The van der Waals surface area contributed by atoms with E-state index in [1.165, 1.54) is 5.38 Å². The van der Waals surface area contributed by atoms with Crippen molar-refractivity contribution in [1.29, 1.82) is 0 Å². The summed E-state index contributed by atoms with van der Waals surface area (Å²) in [7, 11) is 0. The van der Waals surface area contributed by atoms with Crippen molar-refractivity contribution >= 4 is 17.3 Å². The molecule has 1 heterocycles. The molecule has 0 amide bonds. The first-order valence-corrected chi connectivity index (χ1v) is 5.73. The lowest BCUT2D eigenvalue weighted by molar-refractivity contribution is -0.139. The maximum absolute atomic E-state index is 13.3. The van der Waals surface area contributed by atoms with Gasteiger partial charge in [0.05, 0.1) is 5.56 Å².